The Labute approximate surface area is 130 Å². The molecule has 3 heteroatoms. The first-order chi connectivity index (χ1) is 10.3. The van der Waals surface area contributed by atoms with Gasteiger partial charge in [0.05, 0.1) is 0 Å². The van der Waals surface area contributed by atoms with Crippen LogP contribution in [0.2, 0.25) is 0 Å². The van der Waals surface area contributed by atoms with E-state index in [2.05, 4.69) is 49.3 Å². The van der Waals surface area contributed by atoms with Crippen molar-refractivity contribution in [2.24, 2.45) is 0 Å². The van der Waals surface area contributed by atoms with Crippen molar-refractivity contribution in [2.45, 2.75) is 71.4 Å². The molecule has 1 aromatic heterocycles. The van der Waals surface area contributed by atoms with Gasteiger partial charge in [-0.3, -0.25) is 0 Å². The molecule has 1 aromatic rings. The highest BCUT2D eigenvalue weighted by Gasteiger charge is 2.20. The number of hydrogen-bond acceptors (Lipinski definition) is 3. The summed E-state index contributed by atoms with van der Waals surface area (Å²) >= 11 is 0. The van der Waals surface area contributed by atoms with Gasteiger partial charge in [-0.05, 0) is 50.8 Å². The molecule has 1 aliphatic heterocycles. The lowest BCUT2D eigenvalue weighted by Crippen LogP contribution is -2.35. The molecule has 1 fully saturated rings. The number of rotatable bonds is 6. The van der Waals surface area contributed by atoms with Gasteiger partial charge in [-0.1, -0.05) is 32.8 Å². The predicted octanol–water partition coefficient (Wildman–Crippen LogP) is 4.30. The minimum Gasteiger partial charge on any atom is -0.354 e. The van der Waals surface area contributed by atoms with Crippen LogP contribution in [0.3, 0.4) is 0 Å². The van der Waals surface area contributed by atoms with Gasteiger partial charge in [0.15, 0.2) is 0 Å². The molecule has 2 atom stereocenters. The average molecular weight is 289 g/mol. The summed E-state index contributed by atoms with van der Waals surface area (Å²) in [6.07, 6.45) is 9.79. The standard InChI is InChI=1S/C18H31N3/c1-4-12-19-15(3)16-10-11-18(20-14-16)21-13-8-6-7-9-17(21)5-2/h10-11,14-15,17,19H,4-9,12-13H2,1-3H3. The lowest BCUT2D eigenvalue weighted by Gasteiger charge is -2.30. The normalized spacial score (nSPS) is 21.1. The van der Waals surface area contributed by atoms with E-state index in [1.54, 1.807) is 0 Å². The van der Waals surface area contributed by atoms with Crippen molar-refractivity contribution in [3.63, 3.8) is 0 Å². The smallest absolute Gasteiger partial charge is 0.128 e. The fraction of sp³-hybridized carbons (Fsp3) is 0.722. The highest BCUT2D eigenvalue weighted by molar-refractivity contribution is 5.41. The van der Waals surface area contributed by atoms with E-state index in [4.69, 9.17) is 4.98 Å². The minimum absolute atomic E-state index is 0.387. The van der Waals surface area contributed by atoms with Crippen molar-refractivity contribution < 1.29 is 0 Å². The van der Waals surface area contributed by atoms with Crippen molar-refractivity contribution in [1.82, 2.24) is 10.3 Å². The third-order valence-electron chi connectivity index (χ3n) is 4.61. The number of pyridine rings is 1. The van der Waals surface area contributed by atoms with Gasteiger partial charge in [-0.2, -0.15) is 0 Å². The number of nitrogens with one attached hydrogen (secondary N) is 1. The molecular weight excluding hydrogens is 258 g/mol. The first kappa shape index (κ1) is 16.3. The molecule has 0 aliphatic carbocycles. The van der Waals surface area contributed by atoms with Gasteiger partial charge in [0, 0.05) is 24.8 Å². The van der Waals surface area contributed by atoms with Crippen molar-refractivity contribution in [2.75, 3.05) is 18.0 Å². The molecule has 2 heterocycles. The molecule has 0 amide bonds. The number of anilines is 1. The van der Waals surface area contributed by atoms with E-state index in [-0.39, 0.29) is 0 Å². The largest absolute Gasteiger partial charge is 0.354 e. The zero-order valence-electron chi connectivity index (χ0n) is 13.9. The topological polar surface area (TPSA) is 28.2 Å². The van der Waals surface area contributed by atoms with Crippen LogP contribution < -0.4 is 10.2 Å². The van der Waals surface area contributed by atoms with Crippen LogP contribution in [0.25, 0.3) is 0 Å². The number of aromatic nitrogens is 1. The first-order valence-corrected chi connectivity index (χ1v) is 8.72. The number of hydrogen-bond donors (Lipinski definition) is 1. The van der Waals surface area contributed by atoms with E-state index in [9.17, 15) is 0 Å². The van der Waals surface area contributed by atoms with Gasteiger partial charge in [0.25, 0.3) is 0 Å². The van der Waals surface area contributed by atoms with Crippen molar-refractivity contribution >= 4 is 5.82 Å². The average Bonchev–Trinajstić information content (AvgIpc) is 2.78. The summed E-state index contributed by atoms with van der Waals surface area (Å²) in [5, 5.41) is 3.52. The van der Waals surface area contributed by atoms with E-state index in [1.807, 2.05) is 0 Å². The molecule has 118 valence electrons. The highest BCUT2D eigenvalue weighted by Crippen LogP contribution is 2.25. The zero-order chi connectivity index (χ0) is 15.1. The molecule has 1 N–H and O–H groups in total. The van der Waals surface area contributed by atoms with Crippen LogP contribution in [0.1, 0.15) is 70.9 Å². The summed E-state index contributed by atoms with van der Waals surface area (Å²) in [4.78, 5) is 7.29. The van der Waals surface area contributed by atoms with Gasteiger partial charge < -0.3 is 10.2 Å². The van der Waals surface area contributed by atoms with Crippen LogP contribution in [-0.2, 0) is 0 Å². The second-order valence-electron chi connectivity index (χ2n) is 6.23. The quantitative estimate of drug-likeness (QED) is 0.846. The van der Waals surface area contributed by atoms with Crippen LogP contribution in [-0.4, -0.2) is 24.1 Å². The van der Waals surface area contributed by atoms with E-state index in [0.717, 1.165) is 18.9 Å². The molecule has 0 radical (unpaired) electrons. The lowest BCUT2D eigenvalue weighted by atomic mass is 10.1. The monoisotopic (exact) mass is 289 g/mol. The predicted molar refractivity (Wildman–Crippen MR) is 90.8 cm³/mol. The summed E-state index contributed by atoms with van der Waals surface area (Å²) < 4.78 is 0. The molecule has 1 aliphatic rings. The Bertz CT molecular complexity index is 401. The first-order valence-electron chi connectivity index (χ1n) is 8.72. The van der Waals surface area contributed by atoms with Gasteiger partial charge >= 0.3 is 0 Å². The molecule has 3 nitrogen and oxygen atoms in total. The molecule has 2 rings (SSSR count). The fourth-order valence-electron chi connectivity index (χ4n) is 3.21. The van der Waals surface area contributed by atoms with Crippen molar-refractivity contribution in [1.29, 1.82) is 0 Å². The Morgan fingerprint density at radius 1 is 1.29 bits per heavy atom. The Morgan fingerprint density at radius 2 is 2.14 bits per heavy atom. The lowest BCUT2D eigenvalue weighted by molar-refractivity contribution is 0.550. The minimum atomic E-state index is 0.387. The Morgan fingerprint density at radius 3 is 2.81 bits per heavy atom. The van der Waals surface area contributed by atoms with Crippen molar-refractivity contribution in [3.8, 4) is 0 Å². The second kappa shape index (κ2) is 8.38. The number of nitrogens with zero attached hydrogens (tertiary/aromatic N) is 2. The summed E-state index contributed by atoms with van der Waals surface area (Å²) in [7, 11) is 0. The van der Waals surface area contributed by atoms with Gasteiger partial charge in [0.1, 0.15) is 5.82 Å². The Hall–Kier alpha value is -1.09. The maximum absolute atomic E-state index is 4.76. The third kappa shape index (κ3) is 4.44. The maximum atomic E-state index is 4.76. The van der Waals surface area contributed by atoms with E-state index in [0.29, 0.717) is 12.1 Å². The maximum Gasteiger partial charge on any atom is 0.128 e. The third-order valence-corrected chi connectivity index (χ3v) is 4.61. The molecule has 2 unspecified atom stereocenters. The molecule has 21 heavy (non-hydrogen) atoms. The summed E-state index contributed by atoms with van der Waals surface area (Å²) in [5.74, 6) is 1.16. The van der Waals surface area contributed by atoms with E-state index < -0.39 is 0 Å². The van der Waals surface area contributed by atoms with Gasteiger partial charge in [-0.25, -0.2) is 4.98 Å². The van der Waals surface area contributed by atoms with Gasteiger partial charge in [-0.15, -0.1) is 0 Å². The molecule has 0 bridgehead atoms. The second-order valence-corrected chi connectivity index (χ2v) is 6.23. The van der Waals surface area contributed by atoms with Crippen LogP contribution in [0.5, 0.6) is 0 Å². The fourth-order valence-corrected chi connectivity index (χ4v) is 3.21. The zero-order valence-corrected chi connectivity index (χ0v) is 13.9. The molecular formula is C18H31N3. The summed E-state index contributed by atoms with van der Waals surface area (Å²) in [6, 6.07) is 5.51. The van der Waals surface area contributed by atoms with E-state index >= 15 is 0 Å². The summed E-state index contributed by atoms with van der Waals surface area (Å²) in [6.45, 7) is 8.94. The van der Waals surface area contributed by atoms with Gasteiger partial charge in [0.2, 0.25) is 0 Å². The Kier molecular flexibility index (Phi) is 6.50. The van der Waals surface area contributed by atoms with Crippen LogP contribution in [0.15, 0.2) is 18.3 Å². The van der Waals surface area contributed by atoms with Crippen LogP contribution >= 0.6 is 0 Å². The molecule has 0 saturated carbocycles. The summed E-state index contributed by atoms with van der Waals surface area (Å²) in [5.41, 5.74) is 1.29. The molecule has 0 spiro atoms. The van der Waals surface area contributed by atoms with Crippen LogP contribution in [0, 0.1) is 0 Å². The molecule has 1 saturated heterocycles. The Balaban J connectivity index is 2.06. The van der Waals surface area contributed by atoms with Crippen molar-refractivity contribution in [3.05, 3.63) is 23.9 Å². The van der Waals surface area contributed by atoms with Crippen LogP contribution in [0.4, 0.5) is 5.82 Å². The molecule has 0 aromatic carbocycles. The SMILES string of the molecule is CCCNC(C)c1ccc(N2CCCCCC2CC)nc1. The highest BCUT2D eigenvalue weighted by atomic mass is 15.2. The van der Waals surface area contributed by atoms with E-state index in [1.165, 1.54) is 44.1 Å².